The van der Waals surface area contributed by atoms with E-state index in [-0.39, 0.29) is 18.8 Å². The molecule has 0 radical (unpaired) electrons. The summed E-state index contributed by atoms with van der Waals surface area (Å²) in [5, 5.41) is 10.5. The molecule has 14 heavy (non-hydrogen) atoms. The molecule has 0 aromatic heterocycles. The van der Waals surface area contributed by atoms with Gasteiger partial charge in [-0.3, -0.25) is 19.7 Å². The molecule has 7 heteroatoms. The number of nitrogens with one attached hydrogen (secondary N) is 1. The normalized spacial score (nSPS) is 21.4. The maximum Gasteiger partial charge on any atom is 0.303 e. The van der Waals surface area contributed by atoms with Gasteiger partial charge in [0.1, 0.15) is 5.92 Å². The van der Waals surface area contributed by atoms with Crippen LogP contribution in [0.5, 0.6) is 0 Å². The first-order valence-corrected chi connectivity index (χ1v) is 3.91. The van der Waals surface area contributed by atoms with Crippen LogP contribution in [-0.4, -0.2) is 28.8 Å². The summed E-state index contributed by atoms with van der Waals surface area (Å²) in [5.41, 5.74) is 5.11. The molecule has 76 valence electrons. The molecule has 1 aliphatic rings. The van der Waals surface area contributed by atoms with Gasteiger partial charge in [0.2, 0.25) is 11.9 Å². The Morgan fingerprint density at radius 2 is 2.21 bits per heavy atom. The smallest absolute Gasteiger partial charge is 0.303 e. The van der Waals surface area contributed by atoms with Gasteiger partial charge in [-0.2, -0.15) is 4.99 Å². The molecule has 4 N–H and O–H groups in total. The number of carbonyl (C=O) groups is 3. The van der Waals surface area contributed by atoms with E-state index in [4.69, 9.17) is 10.8 Å². The van der Waals surface area contributed by atoms with Crippen molar-refractivity contribution in [2.24, 2.45) is 16.6 Å². The molecule has 1 unspecified atom stereocenters. The van der Waals surface area contributed by atoms with Crippen molar-refractivity contribution in [2.45, 2.75) is 12.8 Å². The standard InChI is InChI=1S/C7H9N3O4/c8-7-9-5(13)3(6(14)10-7)1-2-4(11)12/h3H,1-2H2,(H,11,12)(H3,8,9,10,13,14). The van der Waals surface area contributed by atoms with Crippen molar-refractivity contribution in [1.82, 2.24) is 5.32 Å². The van der Waals surface area contributed by atoms with E-state index in [2.05, 4.69) is 10.3 Å². The zero-order valence-electron chi connectivity index (χ0n) is 7.19. The number of nitrogens with zero attached hydrogens (tertiary/aromatic N) is 1. The monoisotopic (exact) mass is 199 g/mol. The van der Waals surface area contributed by atoms with Crippen LogP contribution in [0.2, 0.25) is 0 Å². The van der Waals surface area contributed by atoms with Gasteiger partial charge in [0.25, 0.3) is 5.91 Å². The van der Waals surface area contributed by atoms with Crippen LogP contribution in [0.3, 0.4) is 0 Å². The average Bonchev–Trinajstić information content (AvgIpc) is 2.01. The Labute approximate surface area is 79.0 Å². The first-order valence-electron chi connectivity index (χ1n) is 3.91. The van der Waals surface area contributed by atoms with Crippen LogP contribution in [-0.2, 0) is 14.4 Å². The molecule has 0 spiro atoms. The number of aliphatic imine (C=N–C) groups is 1. The lowest BCUT2D eigenvalue weighted by Gasteiger charge is -2.16. The van der Waals surface area contributed by atoms with Crippen molar-refractivity contribution in [2.75, 3.05) is 0 Å². The van der Waals surface area contributed by atoms with Crippen molar-refractivity contribution in [3.05, 3.63) is 0 Å². The van der Waals surface area contributed by atoms with Crippen LogP contribution in [0.15, 0.2) is 4.99 Å². The number of carboxylic acids is 1. The topological polar surface area (TPSA) is 122 Å². The maximum absolute atomic E-state index is 11.1. The number of amides is 2. The van der Waals surface area contributed by atoms with E-state index in [1.807, 2.05) is 0 Å². The van der Waals surface area contributed by atoms with Gasteiger partial charge < -0.3 is 10.8 Å². The minimum absolute atomic E-state index is 0.0588. The molecule has 2 amide bonds. The number of carboxylic acid groups (broad SMARTS) is 1. The Morgan fingerprint density at radius 3 is 2.71 bits per heavy atom. The Kier molecular flexibility index (Phi) is 2.80. The van der Waals surface area contributed by atoms with Crippen LogP contribution in [0.4, 0.5) is 0 Å². The SMILES string of the molecule is NC1=NC(=O)C(CCC(=O)O)C(=O)N1. The molecular formula is C7H9N3O4. The summed E-state index contributed by atoms with van der Waals surface area (Å²) < 4.78 is 0. The van der Waals surface area contributed by atoms with E-state index < -0.39 is 23.7 Å². The summed E-state index contributed by atoms with van der Waals surface area (Å²) in [4.78, 5) is 35.8. The molecule has 0 saturated carbocycles. The Bertz CT molecular complexity index is 323. The fourth-order valence-corrected chi connectivity index (χ4v) is 1.07. The summed E-state index contributed by atoms with van der Waals surface area (Å²) in [6, 6.07) is 0. The summed E-state index contributed by atoms with van der Waals surface area (Å²) in [7, 11) is 0. The molecule has 0 aromatic carbocycles. The van der Waals surface area contributed by atoms with Crippen LogP contribution in [0.25, 0.3) is 0 Å². The number of guanidine groups is 1. The minimum Gasteiger partial charge on any atom is -0.481 e. The third-order valence-corrected chi connectivity index (χ3v) is 1.74. The molecule has 0 fully saturated rings. The second-order valence-corrected chi connectivity index (χ2v) is 2.81. The van der Waals surface area contributed by atoms with Crippen molar-refractivity contribution in [3.63, 3.8) is 0 Å². The van der Waals surface area contributed by atoms with E-state index in [0.29, 0.717) is 0 Å². The molecule has 0 aromatic rings. The van der Waals surface area contributed by atoms with Gasteiger partial charge in [0.05, 0.1) is 0 Å². The first kappa shape index (κ1) is 10.2. The molecule has 7 nitrogen and oxygen atoms in total. The van der Waals surface area contributed by atoms with Crippen LogP contribution < -0.4 is 11.1 Å². The number of hydrogen-bond acceptors (Lipinski definition) is 4. The van der Waals surface area contributed by atoms with Gasteiger partial charge >= 0.3 is 5.97 Å². The van der Waals surface area contributed by atoms with Crippen LogP contribution in [0, 0.1) is 5.92 Å². The zero-order chi connectivity index (χ0) is 10.7. The predicted molar refractivity (Wildman–Crippen MR) is 45.1 cm³/mol. The highest BCUT2D eigenvalue weighted by molar-refractivity contribution is 6.14. The Balaban J connectivity index is 2.65. The average molecular weight is 199 g/mol. The number of nitrogens with two attached hydrogens (primary N) is 1. The second-order valence-electron chi connectivity index (χ2n) is 2.81. The van der Waals surface area contributed by atoms with Crippen molar-refractivity contribution in [3.8, 4) is 0 Å². The summed E-state index contributed by atoms with van der Waals surface area (Å²) in [6.45, 7) is 0. The zero-order valence-corrected chi connectivity index (χ0v) is 7.19. The van der Waals surface area contributed by atoms with Gasteiger partial charge in [-0.1, -0.05) is 0 Å². The van der Waals surface area contributed by atoms with Crippen molar-refractivity contribution < 1.29 is 19.5 Å². The quantitative estimate of drug-likeness (QED) is 0.474. The van der Waals surface area contributed by atoms with Gasteiger partial charge in [-0.05, 0) is 6.42 Å². The van der Waals surface area contributed by atoms with Gasteiger partial charge in [0, 0.05) is 6.42 Å². The van der Waals surface area contributed by atoms with E-state index in [1.54, 1.807) is 0 Å². The Hall–Kier alpha value is -1.92. The fraction of sp³-hybridized carbons (Fsp3) is 0.429. The summed E-state index contributed by atoms with van der Waals surface area (Å²) >= 11 is 0. The summed E-state index contributed by atoms with van der Waals surface area (Å²) in [5.74, 6) is -3.62. The molecule has 0 bridgehead atoms. The highest BCUT2D eigenvalue weighted by Gasteiger charge is 2.31. The third-order valence-electron chi connectivity index (χ3n) is 1.74. The van der Waals surface area contributed by atoms with Crippen molar-refractivity contribution in [1.29, 1.82) is 0 Å². The lowest BCUT2D eigenvalue weighted by molar-refractivity contribution is -0.138. The lowest BCUT2D eigenvalue weighted by Crippen LogP contribution is -2.47. The van der Waals surface area contributed by atoms with E-state index in [1.165, 1.54) is 0 Å². The molecule has 1 heterocycles. The second kappa shape index (κ2) is 3.86. The van der Waals surface area contributed by atoms with E-state index in [0.717, 1.165) is 0 Å². The molecule has 1 aliphatic heterocycles. The fourth-order valence-electron chi connectivity index (χ4n) is 1.07. The van der Waals surface area contributed by atoms with E-state index in [9.17, 15) is 14.4 Å². The number of aliphatic carboxylic acids is 1. The largest absolute Gasteiger partial charge is 0.481 e. The van der Waals surface area contributed by atoms with Gasteiger partial charge in [-0.15, -0.1) is 0 Å². The molecular weight excluding hydrogens is 190 g/mol. The van der Waals surface area contributed by atoms with Crippen LogP contribution in [0.1, 0.15) is 12.8 Å². The number of hydrogen-bond donors (Lipinski definition) is 3. The predicted octanol–water partition coefficient (Wildman–Crippen LogP) is -1.56. The maximum atomic E-state index is 11.1. The van der Waals surface area contributed by atoms with Gasteiger partial charge in [0.15, 0.2) is 0 Å². The number of rotatable bonds is 3. The highest BCUT2D eigenvalue weighted by atomic mass is 16.4. The highest BCUT2D eigenvalue weighted by Crippen LogP contribution is 2.11. The molecule has 1 rings (SSSR count). The van der Waals surface area contributed by atoms with E-state index >= 15 is 0 Å². The minimum atomic E-state index is -1.06. The van der Waals surface area contributed by atoms with Crippen molar-refractivity contribution >= 4 is 23.7 Å². The molecule has 1 atom stereocenters. The molecule has 0 aliphatic carbocycles. The van der Waals surface area contributed by atoms with Crippen LogP contribution >= 0.6 is 0 Å². The first-order chi connectivity index (χ1) is 6.50. The Morgan fingerprint density at radius 1 is 1.57 bits per heavy atom. The molecule has 0 saturated heterocycles. The number of carbonyl (C=O) groups excluding carboxylic acids is 2. The van der Waals surface area contributed by atoms with Gasteiger partial charge in [-0.25, -0.2) is 0 Å². The lowest BCUT2D eigenvalue weighted by atomic mass is 10.0. The third kappa shape index (κ3) is 2.28. The summed E-state index contributed by atoms with van der Waals surface area (Å²) in [6.07, 6.45) is -0.309.